The van der Waals surface area contributed by atoms with Gasteiger partial charge in [-0.25, -0.2) is 4.98 Å². The van der Waals surface area contributed by atoms with Crippen molar-refractivity contribution in [3.8, 4) is 0 Å². The van der Waals surface area contributed by atoms with E-state index in [2.05, 4.69) is 27.4 Å². The van der Waals surface area contributed by atoms with E-state index in [1.165, 1.54) is 17.5 Å². The van der Waals surface area contributed by atoms with E-state index in [9.17, 15) is 4.79 Å². The van der Waals surface area contributed by atoms with Crippen LogP contribution in [0.4, 0.5) is 10.8 Å². The van der Waals surface area contributed by atoms with E-state index in [-0.39, 0.29) is 5.91 Å². The number of nitrogens with one attached hydrogen (secondary N) is 1. The lowest BCUT2D eigenvalue weighted by Gasteiger charge is -2.17. The molecule has 3 N–H and O–H groups in total. The first-order chi connectivity index (χ1) is 11.6. The average molecular weight is 342 g/mol. The lowest BCUT2D eigenvalue weighted by Crippen LogP contribution is -2.26. The van der Waals surface area contributed by atoms with Gasteiger partial charge in [0.15, 0.2) is 5.13 Å². The number of nitrogens with two attached hydrogens (primary N) is 1. The van der Waals surface area contributed by atoms with Gasteiger partial charge in [-0.3, -0.25) is 9.69 Å². The molecule has 0 saturated carbocycles. The van der Waals surface area contributed by atoms with Crippen LogP contribution in [0.2, 0.25) is 0 Å². The van der Waals surface area contributed by atoms with Gasteiger partial charge in [0.2, 0.25) is 5.91 Å². The van der Waals surface area contributed by atoms with Gasteiger partial charge < -0.3 is 11.1 Å². The lowest BCUT2D eigenvalue weighted by molar-refractivity contribution is -0.114. The molecule has 5 nitrogen and oxygen atoms in total. The Morgan fingerprint density at radius 2 is 2.25 bits per heavy atom. The number of benzene rings is 1. The van der Waals surface area contributed by atoms with E-state index in [4.69, 9.17) is 5.73 Å². The Morgan fingerprint density at radius 3 is 3.08 bits per heavy atom. The minimum absolute atomic E-state index is 0.0533. The summed E-state index contributed by atoms with van der Waals surface area (Å²) in [5.41, 5.74) is 8.87. The molecular weight excluding hydrogens is 320 g/mol. The van der Waals surface area contributed by atoms with E-state index in [1.54, 1.807) is 11.3 Å². The van der Waals surface area contributed by atoms with Crippen LogP contribution < -0.4 is 11.1 Å². The molecule has 1 aromatic heterocycles. The molecule has 24 heavy (non-hydrogen) atoms. The number of aromatic nitrogens is 1. The number of hydrogen-bond acceptors (Lipinski definition) is 5. The number of hydrogen-bond donors (Lipinski definition) is 2. The fourth-order valence-corrected chi connectivity index (χ4v) is 3.74. The normalized spacial score (nSPS) is 15.2. The van der Waals surface area contributed by atoms with Crippen molar-refractivity contribution < 1.29 is 4.79 Å². The standard InChI is InChI=1S/C18H22N4OS/c1-13(23)20-15-6-2-4-14(12-15)5-3-9-22-10-7-16-17(8-11-22)24-18(19)21-16/h2-6,12H,7-11H2,1H3,(H2,19,21)(H,20,23)/b5-3+. The van der Waals surface area contributed by atoms with Crippen LogP contribution in [0.25, 0.3) is 6.08 Å². The van der Waals surface area contributed by atoms with Gasteiger partial charge >= 0.3 is 0 Å². The fourth-order valence-electron chi connectivity index (χ4n) is 2.87. The molecule has 0 aliphatic carbocycles. The second-order valence-electron chi connectivity index (χ2n) is 5.93. The van der Waals surface area contributed by atoms with Crippen molar-refractivity contribution in [2.75, 3.05) is 30.7 Å². The lowest BCUT2D eigenvalue weighted by atomic mass is 10.2. The third-order valence-electron chi connectivity index (χ3n) is 4.00. The summed E-state index contributed by atoms with van der Waals surface area (Å²) in [4.78, 5) is 19.3. The minimum atomic E-state index is -0.0533. The quantitative estimate of drug-likeness (QED) is 0.896. The molecule has 0 unspecified atom stereocenters. The molecule has 1 aliphatic heterocycles. The summed E-state index contributed by atoms with van der Waals surface area (Å²) >= 11 is 1.62. The van der Waals surface area contributed by atoms with E-state index in [0.29, 0.717) is 5.13 Å². The van der Waals surface area contributed by atoms with Gasteiger partial charge in [0, 0.05) is 43.5 Å². The van der Waals surface area contributed by atoms with Crippen LogP contribution in [0, 0.1) is 0 Å². The van der Waals surface area contributed by atoms with Gasteiger partial charge in [-0.2, -0.15) is 0 Å². The molecule has 0 spiro atoms. The molecule has 1 aliphatic rings. The maximum absolute atomic E-state index is 11.1. The third-order valence-corrected chi connectivity index (χ3v) is 4.98. The van der Waals surface area contributed by atoms with E-state index in [1.807, 2.05) is 24.3 Å². The molecule has 2 aromatic rings. The van der Waals surface area contributed by atoms with Crippen molar-refractivity contribution in [2.24, 2.45) is 0 Å². The zero-order chi connectivity index (χ0) is 16.9. The number of anilines is 2. The molecule has 0 fully saturated rings. The molecular formula is C18H22N4OS. The monoisotopic (exact) mass is 342 g/mol. The van der Waals surface area contributed by atoms with Crippen molar-refractivity contribution in [2.45, 2.75) is 19.8 Å². The molecule has 2 heterocycles. The average Bonchev–Trinajstić information content (AvgIpc) is 2.79. The second-order valence-corrected chi connectivity index (χ2v) is 7.05. The molecule has 6 heteroatoms. The van der Waals surface area contributed by atoms with Gasteiger partial charge in [-0.05, 0) is 24.1 Å². The number of nitrogens with zero attached hydrogens (tertiary/aromatic N) is 2. The summed E-state index contributed by atoms with van der Waals surface area (Å²) in [5, 5.41) is 3.49. The Kier molecular flexibility index (Phi) is 5.27. The zero-order valence-corrected chi connectivity index (χ0v) is 14.6. The van der Waals surface area contributed by atoms with E-state index < -0.39 is 0 Å². The zero-order valence-electron chi connectivity index (χ0n) is 13.8. The third kappa shape index (κ3) is 4.43. The van der Waals surface area contributed by atoms with Crippen molar-refractivity contribution >= 4 is 34.1 Å². The molecule has 1 aromatic carbocycles. The van der Waals surface area contributed by atoms with Crippen LogP contribution >= 0.6 is 11.3 Å². The number of nitrogen functional groups attached to an aromatic ring is 1. The second kappa shape index (κ2) is 7.59. The summed E-state index contributed by atoms with van der Waals surface area (Å²) in [6.07, 6.45) is 6.27. The summed E-state index contributed by atoms with van der Waals surface area (Å²) in [6.45, 7) is 4.47. The Bertz CT molecular complexity index is 728. The maximum Gasteiger partial charge on any atom is 0.221 e. The smallest absolute Gasteiger partial charge is 0.221 e. The molecule has 0 atom stereocenters. The SMILES string of the molecule is CC(=O)Nc1cccc(/C=C/CN2CCc3nc(N)sc3CC2)c1. The molecule has 0 bridgehead atoms. The van der Waals surface area contributed by atoms with Crippen LogP contribution in [0.15, 0.2) is 30.3 Å². The van der Waals surface area contributed by atoms with Gasteiger partial charge in [0.05, 0.1) is 5.69 Å². The molecule has 0 radical (unpaired) electrons. The summed E-state index contributed by atoms with van der Waals surface area (Å²) < 4.78 is 0. The van der Waals surface area contributed by atoms with E-state index in [0.717, 1.165) is 43.7 Å². The first kappa shape index (κ1) is 16.7. The van der Waals surface area contributed by atoms with Crippen LogP contribution in [0.1, 0.15) is 23.1 Å². The summed E-state index contributed by atoms with van der Waals surface area (Å²) in [7, 11) is 0. The first-order valence-electron chi connectivity index (χ1n) is 8.11. The number of carbonyl (C=O) groups is 1. The highest BCUT2D eigenvalue weighted by Gasteiger charge is 2.16. The van der Waals surface area contributed by atoms with Gasteiger partial charge in [-0.15, -0.1) is 11.3 Å². The Hall–Kier alpha value is -2.18. The van der Waals surface area contributed by atoms with Crippen molar-refractivity contribution in [1.82, 2.24) is 9.88 Å². The predicted molar refractivity (Wildman–Crippen MR) is 100 cm³/mol. The van der Waals surface area contributed by atoms with Crippen molar-refractivity contribution in [1.29, 1.82) is 0 Å². The van der Waals surface area contributed by atoms with Gasteiger partial charge in [0.1, 0.15) is 0 Å². The number of rotatable bonds is 4. The number of thiazole rings is 1. The van der Waals surface area contributed by atoms with Gasteiger partial charge in [0.25, 0.3) is 0 Å². The Labute approximate surface area is 146 Å². The summed E-state index contributed by atoms with van der Waals surface area (Å²) in [5.74, 6) is -0.0533. The first-order valence-corrected chi connectivity index (χ1v) is 8.92. The number of fused-ring (bicyclic) bond motifs is 1. The van der Waals surface area contributed by atoms with Crippen LogP contribution in [0.3, 0.4) is 0 Å². The molecule has 126 valence electrons. The maximum atomic E-state index is 11.1. The topological polar surface area (TPSA) is 71.2 Å². The van der Waals surface area contributed by atoms with Crippen LogP contribution in [-0.2, 0) is 17.6 Å². The molecule has 3 rings (SSSR count). The highest BCUT2D eigenvalue weighted by molar-refractivity contribution is 7.15. The molecule has 0 saturated heterocycles. The highest BCUT2D eigenvalue weighted by atomic mass is 32.1. The van der Waals surface area contributed by atoms with Crippen LogP contribution in [-0.4, -0.2) is 35.4 Å². The number of amides is 1. The van der Waals surface area contributed by atoms with Crippen molar-refractivity contribution in [3.63, 3.8) is 0 Å². The Balaban J connectivity index is 1.55. The van der Waals surface area contributed by atoms with Gasteiger partial charge in [-0.1, -0.05) is 24.3 Å². The fraction of sp³-hybridized carbons (Fsp3) is 0.333. The summed E-state index contributed by atoms with van der Waals surface area (Å²) in [6, 6.07) is 7.86. The van der Waals surface area contributed by atoms with Crippen molar-refractivity contribution in [3.05, 3.63) is 46.5 Å². The highest BCUT2D eigenvalue weighted by Crippen LogP contribution is 2.24. The molecule has 1 amide bonds. The van der Waals surface area contributed by atoms with Crippen LogP contribution in [0.5, 0.6) is 0 Å². The largest absolute Gasteiger partial charge is 0.375 e. The Morgan fingerprint density at radius 1 is 1.42 bits per heavy atom. The minimum Gasteiger partial charge on any atom is -0.375 e. The predicted octanol–water partition coefficient (Wildman–Crippen LogP) is 2.80. The van der Waals surface area contributed by atoms with E-state index >= 15 is 0 Å². The number of carbonyl (C=O) groups excluding carboxylic acids is 1.